The summed E-state index contributed by atoms with van der Waals surface area (Å²) in [5.41, 5.74) is 2.69. The van der Waals surface area contributed by atoms with Crippen molar-refractivity contribution in [3.05, 3.63) is 65.7 Å². The average molecular weight is 454 g/mol. The summed E-state index contributed by atoms with van der Waals surface area (Å²) in [4.78, 5) is 17.1. The standard InChI is InChI=1S/C22H19N3O4S2/c1-13-20(31-21(23-13)14-5-4-6-15(11-14)27-2)17-8-10-19(25-24-17)30-12-16-7-9-18(29-16)22(26)28-3/h4-11H,12H2,1-3H3. The van der Waals surface area contributed by atoms with Gasteiger partial charge >= 0.3 is 5.97 Å². The molecule has 7 nitrogen and oxygen atoms in total. The van der Waals surface area contributed by atoms with E-state index in [1.807, 2.05) is 43.3 Å². The van der Waals surface area contributed by atoms with Crippen molar-refractivity contribution in [2.45, 2.75) is 17.7 Å². The molecule has 0 N–H and O–H groups in total. The minimum absolute atomic E-state index is 0.187. The van der Waals surface area contributed by atoms with E-state index in [0.717, 1.165) is 37.6 Å². The Morgan fingerprint density at radius 2 is 2.00 bits per heavy atom. The summed E-state index contributed by atoms with van der Waals surface area (Å²) in [5.74, 6) is 1.69. The Bertz CT molecular complexity index is 1200. The molecule has 4 rings (SSSR count). The molecule has 9 heteroatoms. The lowest BCUT2D eigenvalue weighted by Gasteiger charge is -2.01. The van der Waals surface area contributed by atoms with E-state index in [-0.39, 0.29) is 5.76 Å². The van der Waals surface area contributed by atoms with E-state index >= 15 is 0 Å². The van der Waals surface area contributed by atoms with Gasteiger partial charge in [0.1, 0.15) is 27.2 Å². The number of aryl methyl sites for hydroxylation is 1. The van der Waals surface area contributed by atoms with E-state index in [2.05, 4.69) is 14.9 Å². The van der Waals surface area contributed by atoms with Crippen LogP contribution < -0.4 is 4.74 Å². The Labute approximate surface area is 187 Å². The van der Waals surface area contributed by atoms with Gasteiger partial charge in [-0.25, -0.2) is 9.78 Å². The summed E-state index contributed by atoms with van der Waals surface area (Å²) in [6.07, 6.45) is 0. The fourth-order valence-corrected chi connectivity index (χ4v) is 4.58. The number of furan rings is 1. The second-order valence-corrected chi connectivity index (χ2v) is 8.46. The molecule has 0 aliphatic rings. The maximum absolute atomic E-state index is 11.5. The molecular weight excluding hydrogens is 434 g/mol. The number of carbonyl (C=O) groups excluding carboxylic acids is 1. The highest BCUT2D eigenvalue weighted by Gasteiger charge is 2.14. The highest BCUT2D eigenvalue weighted by atomic mass is 32.2. The number of hydrogen-bond acceptors (Lipinski definition) is 9. The zero-order valence-electron chi connectivity index (χ0n) is 17.1. The number of benzene rings is 1. The maximum Gasteiger partial charge on any atom is 0.373 e. The Balaban J connectivity index is 1.46. The van der Waals surface area contributed by atoms with Crippen LogP contribution >= 0.6 is 23.1 Å². The van der Waals surface area contributed by atoms with Crippen molar-refractivity contribution < 1.29 is 18.7 Å². The van der Waals surface area contributed by atoms with Gasteiger partial charge in [-0.2, -0.15) is 0 Å². The molecule has 158 valence electrons. The van der Waals surface area contributed by atoms with Crippen molar-refractivity contribution in [3.63, 3.8) is 0 Å². The van der Waals surface area contributed by atoms with Crippen LogP contribution in [0, 0.1) is 6.92 Å². The lowest BCUT2D eigenvalue weighted by molar-refractivity contribution is 0.0563. The fourth-order valence-electron chi connectivity index (χ4n) is 2.84. The van der Waals surface area contributed by atoms with Crippen LogP contribution in [0.3, 0.4) is 0 Å². The normalized spacial score (nSPS) is 10.8. The van der Waals surface area contributed by atoms with Crippen molar-refractivity contribution in [1.82, 2.24) is 15.2 Å². The van der Waals surface area contributed by atoms with Gasteiger partial charge in [-0.3, -0.25) is 0 Å². The SMILES string of the molecule is COC(=O)c1ccc(CSc2ccc(-c3sc(-c4cccc(OC)c4)nc3C)nn2)o1. The maximum atomic E-state index is 11.5. The molecule has 0 aliphatic heterocycles. The third-order valence-corrected chi connectivity index (χ3v) is 6.57. The monoisotopic (exact) mass is 453 g/mol. The number of ether oxygens (including phenoxy) is 2. The third kappa shape index (κ3) is 4.78. The minimum Gasteiger partial charge on any atom is -0.497 e. The molecule has 0 bridgehead atoms. The molecule has 0 fully saturated rings. The van der Waals surface area contributed by atoms with E-state index in [1.165, 1.54) is 18.9 Å². The Hall–Kier alpha value is -3.17. The quantitative estimate of drug-likeness (QED) is 0.277. The Kier molecular flexibility index (Phi) is 6.34. The van der Waals surface area contributed by atoms with Crippen LogP contribution in [0.1, 0.15) is 22.0 Å². The molecule has 1 aromatic carbocycles. The molecule has 0 unspecified atom stereocenters. The highest BCUT2D eigenvalue weighted by molar-refractivity contribution is 7.98. The summed E-state index contributed by atoms with van der Waals surface area (Å²) < 4.78 is 15.4. The number of rotatable bonds is 7. The van der Waals surface area contributed by atoms with Crippen LogP contribution in [0.5, 0.6) is 5.75 Å². The predicted molar refractivity (Wildman–Crippen MR) is 119 cm³/mol. The number of esters is 1. The van der Waals surface area contributed by atoms with Crippen LogP contribution in [-0.4, -0.2) is 35.4 Å². The van der Waals surface area contributed by atoms with Crippen molar-refractivity contribution in [2.75, 3.05) is 14.2 Å². The topological polar surface area (TPSA) is 87.3 Å². The zero-order valence-corrected chi connectivity index (χ0v) is 18.8. The molecule has 3 aromatic heterocycles. The second-order valence-electron chi connectivity index (χ2n) is 6.47. The summed E-state index contributed by atoms with van der Waals surface area (Å²) in [7, 11) is 2.97. The van der Waals surface area contributed by atoms with Crippen molar-refractivity contribution in [2.24, 2.45) is 0 Å². The summed E-state index contributed by atoms with van der Waals surface area (Å²) in [5, 5.41) is 10.4. The first-order valence-corrected chi connectivity index (χ1v) is 11.1. The first-order chi connectivity index (χ1) is 15.1. The van der Waals surface area contributed by atoms with Gasteiger partial charge < -0.3 is 13.9 Å². The minimum atomic E-state index is -0.492. The van der Waals surface area contributed by atoms with Gasteiger partial charge in [0.25, 0.3) is 0 Å². The number of aromatic nitrogens is 3. The molecule has 0 spiro atoms. The molecule has 0 saturated carbocycles. The fraction of sp³-hybridized carbons (Fsp3) is 0.182. The smallest absolute Gasteiger partial charge is 0.373 e. The van der Waals surface area contributed by atoms with E-state index in [0.29, 0.717) is 11.5 Å². The lowest BCUT2D eigenvalue weighted by atomic mass is 10.2. The number of hydrogen-bond donors (Lipinski definition) is 0. The summed E-state index contributed by atoms with van der Waals surface area (Å²) >= 11 is 3.05. The molecule has 0 aliphatic carbocycles. The molecular formula is C22H19N3O4S2. The second kappa shape index (κ2) is 9.32. The molecule has 0 atom stereocenters. The summed E-state index contributed by atoms with van der Waals surface area (Å²) in [6.45, 7) is 1.97. The number of thioether (sulfide) groups is 1. The Morgan fingerprint density at radius 1 is 1.13 bits per heavy atom. The van der Waals surface area contributed by atoms with Gasteiger partial charge in [-0.1, -0.05) is 23.9 Å². The van der Waals surface area contributed by atoms with Crippen LogP contribution in [0.25, 0.3) is 21.1 Å². The van der Waals surface area contributed by atoms with E-state index in [4.69, 9.17) is 14.1 Å². The molecule has 0 amide bonds. The van der Waals surface area contributed by atoms with Crippen LogP contribution in [0.2, 0.25) is 0 Å². The largest absolute Gasteiger partial charge is 0.497 e. The zero-order chi connectivity index (χ0) is 21.8. The van der Waals surface area contributed by atoms with Crippen LogP contribution in [0.4, 0.5) is 0 Å². The molecule has 0 radical (unpaired) electrons. The van der Waals surface area contributed by atoms with Gasteiger partial charge in [0.05, 0.1) is 30.5 Å². The third-order valence-electron chi connectivity index (χ3n) is 4.40. The lowest BCUT2D eigenvalue weighted by Crippen LogP contribution is -1.98. The first-order valence-electron chi connectivity index (χ1n) is 9.33. The van der Waals surface area contributed by atoms with Crippen molar-refractivity contribution in [3.8, 4) is 26.9 Å². The first kappa shape index (κ1) is 21.1. The summed E-state index contributed by atoms with van der Waals surface area (Å²) in [6, 6.07) is 15.0. The number of methoxy groups -OCH3 is 2. The molecule has 31 heavy (non-hydrogen) atoms. The predicted octanol–water partition coefficient (Wildman–Crippen LogP) is 5.26. The van der Waals surface area contributed by atoms with Gasteiger partial charge in [-0.15, -0.1) is 21.5 Å². The van der Waals surface area contributed by atoms with Gasteiger partial charge in [0.2, 0.25) is 5.76 Å². The van der Waals surface area contributed by atoms with Gasteiger partial charge in [0, 0.05) is 5.56 Å². The number of thiazole rings is 1. The van der Waals surface area contributed by atoms with Gasteiger partial charge in [-0.05, 0) is 43.3 Å². The number of carbonyl (C=O) groups is 1. The van der Waals surface area contributed by atoms with E-state index in [1.54, 1.807) is 30.6 Å². The molecule has 3 heterocycles. The number of nitrogens with zero attached hydrogens (tertiary/aromatic N) is 3. The molecule has 4 aromatic rings. The van der Waals surface area contributed by atoms with E-state index in [9.17, 15) is 4.79 Å². The van der Waals surface area contributed by atoms with Crippen LogP contribution in [0.15, 0.2) is 58.0 Å². The van der Waals surface area contributed by atoms with Gasteiger partial charge in [0.15, 0.2) is 0 Å². The van der Waals surface area contributed by atoms with Crippen LogP contribution in [-0.2, 0) is 10.5 Å². The Morgan fingerprint density at radius 3 is 2.74 bits per heavy atom. The van der Waals surface area contributed by atoms with Crippen molar-refractivity contribution >= 4 is 29.1 Å². The highest BCUT2D eigenvalue weighted by Crippen LogP contribution is 2.35. The van der Waals surface area contributed by atoms with Crippen molar-refractivity contribution in [1.29, 1.82) is 0 Å². The molecule has 0 saturated heterocycles. The van der Waals surface area contributed by atoms with E-state index < -0.39 is 5.97 Å². The average Bonchev–Trinajstić information content (AvgIpc) is 3.44.